The fourth-order valence-corrected chi connectivity index (χ4v) is 2.48. The zero-order valence-corrected chi connectivity index (χ0v) is 11.6. The number of imidazole rings is 1. The number of hydrogen-bond acceptors (Lipinski definition) is 3. The lowest BCUT2D eigenvalue weighted by Crippen LogP contribution is -2.27. The van der Waals surface area contributed by atoms with E-state index in [9.17, 15) is 0 Å². The average molecular weight is 279 g/mol. The Hall–Kier alpha value is -1.36. The molecule has 0 spiro atoms. The Morgan fingerprint density at radius 3 is 2.74 bits per heavy atom. The monoisotopic (exact) mass is 278 g/mol. The van der Waals surface area contributed by atoms with Crippen molar-refractivity contribution in [3.05, 3.63) is 48.5 Å². The summed E-state index contributed by atoms with van der Waals surface area (Å²) in [5, 5.41) is 0. The third-order valence-corrected chi connectivity index (χ3v) is 3.43. The molecule has 1 aliphatic heterocycles. The normalized spacial score (nSPS) is 19.3. The molecule has 1 aromatic heterocycles. The highest BCUT2D eigenvalue weighted by Crippen LogP contribution is 2.14. The van der Waals surface area contributed by atoms with Gasteiger partial charge in [-0.2, -0.15) is 0 Å². The molecule has 0 bridgehead atoms. The fraction of sp³-hybridized carbons (Fsp3) is 0.357. The predicted octanol–water partition coefficient (Wildman–Crippen LogP) is 1.83. The van der Waals surface area contributed by atoms with Crippen LogP contribution in [0.5, 0.6) is 0 Å². The molecule has 1 atom stereocenters. The van der Waals surface area contributed by atoms with Crippen molar-refractivity contribution < 1.29 is 0 Å². The molecule has 2 N–H and O–H groups in total. The molecule has 3 rings (SSSR count). The van der Waals surface area contributed by atoms with Crippen LogP contribution >= 0.6 is 12.4 Å². The van der Waals surface area contributed by atoms with Crippen molar-refractivity contribution in [2.45, 2.75) is 19.0 Å². The summed E-state index contributed by atoms with van der Waals surface area (Å²) < 4.78 is 2.14. The van der Waals surface area contributed by atoms with Crippen LogP contribution in [0.2, 0.25) is 0 Å². The van der Waals surface area contributed by atoms with Crippen LogP contribution in [0.1, 0.15) is 12.2 Å². The molecule has 1 unspecified atom stereocenters. The summed E-state index contributed by atoms with van der Waals surface area (Å²) in [5.41, 5.74) is 7.10. The average Bonchev–Trinajstić information content (AvgIpc) is 3.00. The topological polar surface area (TPSA) is 47.1 Å². The van der Waals surface area contributed by atoms with Crippen molar-refractivity contribution >= 4 is 12.4 Å². The van der Waals surface area contributed by atoms with E-state index in [1.807, 2.05) is 30.6 Å². The second-order valence-electron chi connectivity index (χ2n) is 4.83. The summed E-state index contributed by atoms with van der Waals surface area (Å²) in [6, 6.07) is 10.6. The summed E-state index contributed by atoms with van der Waals surface area (Å²) >= 11 is 0. The first-order chi connectivity index (χ1) is 8.83. The lowest BCUT2D eigenvalue weighted by molar-refractivity contribution is 0.316. The van der Waals surface area contributed by atoms with Crippen LogP contribution < -0.4 is 5.73 Å². The molecule has 1 saturated heterocycles. The van der Waals surface area contributed by atoms with E-state index in [-0.39, 0.29) is 12.4 Å². The number of benzene rings is 1. The molecule has 2 aromatic rings. The molecule has 0 saturated carbocycles. The Kier molecular flexibility index (Phi) is 4.58. The van der Waals surface area contributed by atoms with E-state index in [2.05, 4.69) is 26.6 Å². The molecule has 102 valence electrons. The highest BCUT2D eigenvalue weighted by atomic mass is 35.5. The van der Waals surface area contributed by atoms with Crippen molar-refractivity contribution in [2.75, 3.05) is 13.1 Å². The van der Waals surface area contributed by atoms with Crippen LogP contribution in [-0.4, -0.2) is 33.6 Å². The van der Waals surface area contributed by atoms with Crippen LogP contribution in [0.4, 0.5) is 0 Å². The molecule has 5 heteroatoms. The number of aromatic nitrogens is 2. The summed E-state index contributed by atoms with van der Waals surface area (Å²) in [6.45, 7) is 2.92. The van der Waals surface area contributed by atoms with Gasteiger partial charge in [-0.15, -0.1) is 12.4 Å². The number of nitrogens with two attached hydrogens (primary N) is 1. The van der Waals surface area contributed by atoms with Crippen molar-refractivity contribution in [3.8, 4) is 5.69 Å². The maximum atomic E-state index is 5.93. The molecular weight excluding hydrogens is 260 g/mol. The van der Waals surface area contributed by atoms with Crippen LogP contribution in [0.25, 0.3) is 5.69 Å². The molecule has 0 aliphatic carbocycles. The Morgan fingerprint density at radius 1 is 1.26 bits per heavy atom. The summed E-state index contributed by atoms with van der Waals surface area (Å²) in [7, 11) is 0. The summed E-state index contributed by atoms with van der Waals surface area (Å²) in [4.78, 5) is 6.83. The zero-order chi connectivity index (χ0) is 12.4. The van der Waals surface area contributed by atoms with Crippen molar-refractivity contribution in [3.63, 3.8) is 0 Å². The molecule has 4 nitrogen and oxygen atoms in total. The SMILES string of the molecule is Cl.NC1CCN(Cc2nccn2-c2ccccc2)C1. The number of para-hydroxylation sites is 1. The lowest BCUT2D eigenvalue weighted by Gasteiger charge is -2.16. The molecule has 0 radical (unpaired) electrons. The highest BCUT2D eigenvalue weighted by Gasteiger charge is 2.20. The van der Waals surface area contributed by atoms with E-state index in [0.29, 0.717) is 6.04 Å². The second kappa shape index (κ2) is 6.19. The standard InChI is InChI=1S/C14H18N4.ClH/c15-12-6-8-17(10-12)11-14-16-7-9-18(14)13-4-2-1-3-5-13;/h1-5,7,9,12H,6,8,10-11,15H2;1H. The number of hydrogen-bond donors (Lipinski definition) is 1. The number of likely N-dealkylation sites (tertiary alicyclic amines) is 1. The van der Waals surface area contributed by atoms with Gasteiger partial charge in [-0.05, 0) is 18.6 Å². The lowest BCUT2D eigenvalue weighted by atomic mass is 10.3. The molecule has 1 aliphatic rings. The maximum absolute atomic E-state index is 5.93. The molecule has 2 heterocycles. The Balaban J connectivity index is 0.00000133. The second-order valence-corrected chi connectivity index (χ2v) is 4.83. The van der Waals surface area contributed by atoms with E-state index in [4.69, 9.17) is 5.73 Å². The van der Waals surface area contributed by atoms with E-state index in [0.717, 1.165) is 37.6 Å². The van der Waals surface area contributed by atoms with Gasteiger partial charge in [-0.25, -0.2) is 4.98 Å². The highest BCUT2D eigenvalue weighted by molar-refractivity contribution is 5.85. The third-order valence-electron chi connectivity index (χ3n) is 3.43. The fourth-order valence-electron chi connectivity index (χ4n) is 2.48. The van der Waals surface area contributed by atoms with Crippen molar-refractivity contribution in [1.82, 2.24) is 14.5 Å². The van der Waals surface area contributed by atoms with E-state index in [1.54, 1.807) is 0 Å². The Morgan fingerprint density at radius 2 is 2.05 bits per heavy atom. The first kappa shape index (κ1) is 14.1. The Labute approximate surface area is 119 Å². The minimum absolute atomic E-state index is 0. The largest absolute Gasteiger partial charge is 0.326 e. The zero-order valence-electron chi connectivity index (χ0n) is 10.8. The number of halogens is 1. The van der Waals surface area contributed by atoms with E-state index in [1.165, 1.54) is 0 Å². The van der Waals surface area contributed by atoms with Crippen LogP contribution in [0.3, 0.4) is 0 Å². The number of nitrogens with zero attached hydrogens (tertiary/aromatic N) is 3. The van der Waals surface area contributed by atoms with Gasteiger partial charge in [0.1, 0.15) is 5.82 Å². The van der Waals surface area contributed by atoms with E-state index >= 15 is 0 Å². The smallest absolute Gasteiger partial charge is 0.127 e. The van der Waals surface area contributed by atoms with E-state index < -0.39 is 0 Å². The van der Waals surface area contributed by atoms with Gasteiger partial charge in [-0.3, -0.25) is 4.90 Å². The number of rotatable bonds is 3. The van der Waals surface area contributed by atoms with Crippen molar-refractivity contribution in [2.24, 2.45) is 5.73 Å². The third kappa shape index (κ3) is 3.15. The van der Waals surface area contributed by atoms with Crippen LogP contribution in [0, 0.1) is 0 Å². The first-order valence-electron chi connectivity index (χ1n) is 6.38. The maximum Gasteiger partial charge on any atom is 0.127 e. The molecular formula is C14H19ClN4. The molecule has 1 aromatic carbocycles. The minimum atomic E-state index is 0. The van der Waals surface area contributed by atoms with Gasteiger partial charge < -0.3 is 10.3 Å². The van der Waals surface area contributed by atoms with Gasteiger partial charge in [0.15, 0.2) is 0 Å². The van der Waals surface area contributed by atoms with Gasteiger partial charge >= 0.3 is 0 Å². The summed E-state index contributed by atoms with van der Waals surface area (Å²) in [5.74, 6) is 1.08. The van der Waals surface area contributed by atoms with Gasteiger partial charge in [0.2, 0.25) is 0 Å². The summed E-state index contributed by atoms with van der Waals surface area (Å²) in [6.07, 6.45) is 4.96. The van der Waals surface area contributed by atoms with Crippen molar-refractivity contribution in [1.29, 1.82) is 0 Å². The molecule has 19 heavy (non-hydrogen) atoms. The molecule has 0 amide bonds. The Bertz CT molecular complexity index is 511. The quantitative estimate of drug-likeness (QED) is 0.932. The van der Waals surface area contributed by atoms with Crippen LogP contribution in [-0.2, 0) is 6.54 Å². The van der Waals surface area contributed by atoms with Crippen LogP contribution in [0.15, 0.2) is 42.7 Å². The first-order valence-corrected chi connectivity index (χ1v) is 6.38. The van der Waals surface area contributed by atoms with Gasteiger partial charge in [-0.1, -0.05) is 18.2 Å². The predicted molar refractivity (Wildman–Crippen MR) is 78.7 cm³/mol. The minimum Gasteiger partial charge on any atom is -0.326 e. The van der Waals surface area contributed by atoms with Gasteiger partial charge in [0.05, 0.1) is 6.54 Å². The van der Waals surface area contributed by atoms with Gasteiger partial charge in [0, 0.05) is 37.2 Å². The van der Waals surface area contributed by atoms with Gasteiger partial charge in [0.25, 0.3) is 0 Å². The molecule has 1 fully saturated rings.